The molecule has 0 aromatic heterocycles. The summed E-state index contributed by atoms with van der Waals surface area (Å²) >= 11 is 0. The number of nitrogens with zero attached hydrogens (tertiary/aromatic N) is 1. The van der Waals surface area contributed by atoms with E-state index in [1.165, 1.54) is 0 Å². The molecule has 3 heteroatoms. The van der Waals surface area contributed by atoms with Crippen LogP contribution in [-0.4, -0.2) is 13.0 Å². The van der Waals surface area contributed by atoms with E-state index >= 15 is 0 Å². The van der Waals surface area contributed by atoms with E-state index in [1.807, 2.05) is 24.3 Å². The summed E-state index contributed by atoms with van der Waals surface area (Å²) in [6, 6.07) is 7.44. The minimum atomic E-state index is 0.183. The Morgan fingerprint density at radius 2 is 2.07 bits per heavy atom. The van der Waals surface area contributed by atoms with Gasteiger partial charge in [0.15, 0.2) is 0 Å². The summed E-state index contributed by atoms with van der Waals surface area (Å²) in [5, 5.41) is 0. The van der Waals surface area contributed by atoms with Gasteiger partial charge in [-0.1, -0.05) is 12.1 Å². The average Bonchev–Trinajstić information content (AvgIpc) is 3.00. The zero-order valence-electron chi connectivity index (χ0n) is 8.23. The van der Waals surface area contributed by atoms with Crippen molar-refractivity contribution < 1.29 is 4.79 Å². The van der Waals surface area contributed by atoms with Crippen LogP contribution in [0.25, 0.3) is 0 Å². The van der Waals surface area contributed by atoms with Crippen LogP contribution in [0.5, 0.6) is 0 Å². The Kier molecular flexibility index (Phi) is 2.15. The van der Waals surface area contributed by atoms with Crippen LogP contribution >= 0.6 is 0 Å². The van der Waals surface area contributed by atoms with Crippen molar-refractivity contribution in [2.75, 3.05) is 17.7 Å². The van der Waals surface area contributed by atoms with Gasteiger partial charge >= 0.3 is 0 Å². The third kappa shape index (κ3) is 1.58. The number of hydrogen-bond acceptors (Lipinski definition) is 2. The minimum absolute atomic E-state index is 0.183. The Hall–Kier alpha value is -1.51. The highest BCUT2D eigenvalue weighted by Gasteiger charge is 2.32. The molecule has 14 heavy (non-hydrogen) atoms. The SMILES string of the molecule is CN(C(=O)C1CC1)c1ccccc1N. The topological polar surface area (TPSA) is 46.3 Å². The quantitative estimate of drug-likeness (QED) is 0.721. The number of hydrogen-bond donors (Lipinski definition) is 1. The smallest absolute Gasteiger partial charge is 0.229 e. The second kappa shape index (κ2) is 3.33. The van der Waals surface area contributed by atoms with Crippen LogP contribution < -0.4 is 10.6 Å². The highest BCUT2D eigenvalue weighted by atomic mass is 16.2. The first-order valence-electron chi connectivity index (χ1n) is 4.82. The molecular weight excluding hydrogens is 176 g/mol. The van der Waals surface area contributed by atoms with Crippen LogP contribution in [0.15, 0.2) is 24.3 Å². The van der Waals surface area contributed by atoms with Crippen molar-refractivity contribution in [3.05, 3.63) is 24.3 Å². The van der Waals surface area contributed by atoms with Crippen LogP contribution in [0.4, 0.5) is 11.4 Å². The van der Waals surface area contributed by atoms with Gasteiger partial charge in [0.1, 0.15) is 0 Å². The normalized spacial score (nSPS) is 15.2. The number of nitrogens with two attached hydrogens (primary N) is 1. The fourth-order valence-electron chi connectivity index (χ4n) is 1.52. The van der Waals surface area contributed by atoms with E-state index < -0.39 is 0 Å². The van der Waals surface area contributed by atoms with Crippen LogP contribution in [0.1, 0.15) is 12.8 Å². The molecule has 2 rings (SSSR count). The molecule has 1 aromatic carbocycles. The molecule has 0 atom stereocenters. The number of anilines is 2. The maximum absolute atomic E-state index is 11.7. The van der Waals surface area contributed by atoms with E-state index in [1.54, 1.807) is 11.9 Å². The first-order valence-corrected chi connectivity index (χ1v) is 4.82. The largest absolute Gasteiger partial charge is 0.397 e. The number of carbonyl (C=O) groups is 1. The van der Waals surface area contributed by atoms with Gasteiger partial charge < -0.3 is 10.6 Å². The highest BCUT2D eigenvalue weighted by molar-refractivity contribution is 5.98. The van der Waals surface area contributed by atoms with Crippen LogP contribution in [0.2, 0.25) is 0 Å². The molecule has 1 amide bonds. The first kappa shape index (κ1) is 9.06. The van der Waals surface area contributed by atoms with Gasteiger partial charge in [-0.05, 0) is 25.0 Å². The van der Waals surface area contributed by atoms with Gasteiger partial charge in [-0.15, -0.1) is 0 Å². The lowest BCUT2D eigenvalue weighted by Gasteiger charge is -2.18. The number of nitrogen functional groups attached to an aromatic ring is 1. The van der Waals surface area contributed by atoms with Crippen molar-refractivity contribution in [3.63, 3.8) is 0 Å². The fourth-order valence-corrected chi connectivity index (χ4v) is 1.52. The second-order valence-corrected chi connectivity index (χ2v) is 3.73. The van der Waals surface area contributed by atoms with Crippen LogP contribution in [-0.2, 0) is 4.79 Å². The maximum Gasteiger partial charge on any atom is 0.229 e. The molecule has 3 nitrogen and oxygen atoms in total. The molecule has 1 fully saturated rings. The molecule has 1 aromatic rings. The van der Waals surface area contributed by atoms with Gasteiger partial charge in [0.05, 0.1) is 11.4 Å². The third-order valence-corrected chi connectivity index (χ3v) is 2.56. The molecule has 74 valence electrons. The van der Waals surface area contributed by atoms with Gasteiger partial charge in [0.25, 0.3) is 0 Å². The van der Waals surface area contributed by atoms with E-state index in [4.69, 9.17) is 5.73 Å². The van der Waals surface area contributed by atoms with Gasteiger partial charge in [-0.25, -0.2) is 0 Å². The molecular formula is C11H14N2O. The monoisotopic (exact) mass is 190 g/mol. The molecule has 0 aliphatic heterocycles. The maximum atomic E-state index is 11.7. The second-order valence-electron chi connectivity index (χ2n) is 3.73. The molecule has 2 N–H and O–H groups in total. The molecule has 1 aliphatic rings. The summed E-state index contributed by atoms with van der Waals surface area (Å²) in [6.07, 6.45) is 2.05. The molecule has 0 heterocycles. The third-order valence-electron chi connectivity index (χ3n) is 2.56. The molecule has 1 aliphatic carbocycles. The Morgan fingerprint density at radius 3 is 2.64 bits per heavy atom. The van der Waals surface area contributed by atoms with E-state index in [2.05, 4.69) is 0 Å². The van der Waals surface area contributed by atoms with Gasteiger partial charge in [0.2, 0.25) is 5.91 Å². The van der Waals surface area contributed by atoms with Crippen LogP contribution in [0.3, 0.4) is 0 Å². The van der Waals surface area contributed by atoms with E-state index in [-0.39, 0.29) is 11.8 Å². The van der Waals surface area contributed by atoms with Crippen molar-refractivity contribution in [1.82, 2.24) is 0 Å². The Morgan fingerprint density at radius 1 is 1.43 bits per heavy atom. The summed E-state index contributed by atoms with van der Waals surface area (Å²) in [7, 11) is 1.78. The molecule has 0 spiro atoms. The van der Waals surface area contributed by atoms with E-state index in [0.29, 0.717) is 5.69 Å². The zero-order chi connectivity index (χ0) is 10.1. The van der Waals surface area contributed by atoms with Crippen molar-refractivity contribution in [2.45, 2.75) is 12.8 Å². The van der Waals surface area contributed by atoms with Crippen molar-refractivity contribution in [1.29, 1.82) is 0 Å². The van der Waals surface area contributed by atoms with E-state index in [0.717, 1.165) is 18.5 Å². The minimum Gasteiger partial charge on any atom is -0.397 e. The summed E-state index contributed by atoms with van der Waals surface area (Å²) in [5.41, 5.74) is 7.25. The predicted molar refractivity (Wildman–Crippen MR) is 57.0 cm³/mol. The number of amides is 1. The summed E-state index contributed by atoms with van der Waals surface area (Å²) < 4.78 is 0. The lowest BCUT2D eigenvalue weighted by molar-refractivity contribution is -0.119. The van der Waals surface area contributed by atoms with Crippen molar-refractivity contribution in [2.24, 2.45) is 5.92 Å². The average molecular weight is 190 g/mol. The van der Waals surface area contributed by atoms with Gasteiger partial charge in [-0.2, -0.15) is 0 Å². The van der Waals surface area contributed by atoms with Gasteiger partial charge in [0, 0.05) is 13.0 Å². The summed E-state index contributed by atoms with van der Waals surface area (Å²) in [4.78, 5) is 13.4. The molecule has 0 unspecified atom stereocenters. The first-order chi connectivity index (χ1) is 6.70. The Bertz CT molecular complexity index is 358. The summed E-state index contributed by atoms with van der Waals surface area (Å²) in [5.74, 6) is 0.419. The molecule has 0 radical (unpaired) electrons. The number of benzene rings is 1. The molecule has 0 bridgehead atoms. The van der Waals surface area contributed by atoms with Crippen molar-refractivity contribution in [3.8, 4) is 0 Å². The highest BCUT2D eigenvalue weighted by Crippen LogP contribution is 2.33. The number of rotatable bonds is 2. The fraction of sp³-hybridized carbons (Fsp3) is 0.364. The van der Waals surface area contributed by atoms with E-state index in [9.17, 15) is 4.79 Å². The number of para-hydroxylation sites is 2. The predicted octanol–water partition coefficient (Wildman–Crippen LogP) is 1.64. The Balaban J connectivity index is 2.21. The Labute approximate surface area is 83.5 Å². The standard InChI is InChI=1S/C11H14N2O/c1-13(11(14)8-6-7-8)10-5-3-2-4-9(10)12/h2-5,8H,6-7,12H2,1H3. The lowest BCUT2D eigenvalue weighted by Crippen LogP contribution is -2.28. The van der Waals surface area contributed by atoms with Crippen molar-refractivity contribution >= 4 is 17.3 Å². The summed E-state index contributed by atoms with van der Waals surface area (Å²) in [6.45, 7) is 0. The number of carbonyl (C=O) groups excluding carboxylic acids is 1. The zero-order valence-corrected chi connectivity index (χ0v) is 8.23. The van der Waals surface area contributed by atoms with Gasteiger partial charge in [-0.3, -0.25) is 4.79 Å². The lowest BCUT2D eigenvalue weighted by atomic mass is 10.2. The molecule has 1 saturated carbocycles. The molecule has 0 saturated heterocycles. The van der Waals surface area contributed by atoms with Crippen LogP contribution in [0, 0.1) is 5.92 Å².